The van der Waals surface area contributed by atoms with Gasteiger partial charge in [0.15, 0.2) is 0 Å². The third kappa shape index (κ3) is 2.12. The largest absolute Gasteiger partial charge is 0.314 e. The molecule has 0 bridgehead atoms. The molecule has 3 rings (SSSR count). The third-order valence-corrected chi connectivity index (χ3v) is 6.34. The molecule has 0 spiro atoms. The lowest BCUT2D eigenvalue weighted by Gasteiger charge is -2.36. The lowest BCUT2D eigenvalue weighted by atomic mass is 9.76. The standard InChI is InChI=1S/C18H27N/c1-17(2)16(18(17,3)4)12-19-15-10-14(11-15)13-8-6-5-7-9-13/h5-9,14-16,19H,10-12H2,1-4H3. The lowest BCUT2D eigenvalue weighted by molar-refractivity contribution is 0.282. The van der Waals surface area contributed by atoms with E-state index in [2.05, 4.69) is 63.3 Å². The predicted octanol–water partition coefficient (Wildman–Crippen LogP) is 4.20. The van der Waals surface area contributed by atoms with Gasteiger partial charge < -0.3 is 5.32 Å². The fourth-order valence-electron chi connectivity index (χ4n) is 3.91. The molecular weight excluding hydrogens is 230 g/mol. The molecule has 0 radical (unpaired) electrons. The number of benzene rings is 1. The highest BCUT2D eigenvalue weighted by Gasteiger charge is 2.64. The second-order valence-electron chi connectivity index (χ2n) is 7.68. The Balaban J connectivity index is 1.44. The Bertz CT molecular complexity index is 426. The molecule has 0 aliphatic heterocycles. The molecule has 0 saturated heterocycles. The van der Waals surface area contributed by atoms with Gasteiger partial charge in [0.25, 0.3) is 0 Å². The molecule has 19 heavy (non-hydrogen) atoms. The number of rotatable bonds is 4. The summed E-state index contributed by atoms with van der Waals surface area (Å²) in [6, 6.07) is 11.7. The van der Waals surface area contributed by atoms with Crippen molar-refractivity contribution in [2.45, 2.75) is 52.5 Å². The number of hydrogen-bond acceptors (Lipinski definition) is 1. The van der Waals surface area contributed by atoms with E-state index in [-0.39, 0.29) is 0 Å². The maximum Gasteiger partial charge on any atom is 0.00788 e. The molecule has 104 valence electrons. The highest BCUT2D eigenvalue weighted by atomic mass is 15.0. The summed E-state index contributed by atoms with van der Waals surface area (Å²) in [4.78, 5) is 0. The van der Waals surface area contributed by atoms with Crippen molar-refractivity contribution in [3.63, 3.8) is 0 Å². The van der Waals surface area contributed by atoms with Gasteiger partial charge in [0.1, 0.15) is 0 Å². The minimum Gasteiger partial charge on any atom is -0.314 e. The van der Waals surface area contributed by atoms with Crippen LogP contribution in [0.1, 0.15) is 52.0 Å². The van der Waals surface area contributed by atoms with Gasteiger partial charge in [-0.1, -0.05) is 58.0 Å². The zero-order chi connectivity index (χ0) is 13.7. The van der Waals surface area contributed by atoms with E-state index in [1.165, 1.54) is 24.9 Å². The second kappa shape index (κ2) is 4.34. The summed E-state index contributed by atoms with van der Waals surface area (Å²) < 4.78 is 0. The summed E-state index contributed by atoms with van der Waals surface area (Å²) in [5, 5.41) is 3.79. The zero-order valence-electron chi connectivity index (χ0n) is 12.7. The first-order chi connectivity index (χ1) is 8.93. The van der Waals surface area contributed by atoms with Gasteiger partial charge in [-0.3, -0.25) is 0 Å². The van der Waals surface area contributed by atoms with Crippen molar-refractivity contribution >= 4 is 0 Å². The molecule has 1 aromatic rings. The van der Waals surface area contributed by atoms with E-state index >= 15 is 0 Å². The van der Waals surface area contributed by atoms with Crippen molar-refractivity contribution in [2.75, 3.05) is 6.54 Å². The monoisotopic (exact) mass is 257 g/mol. The SMILES string of the molecule is CC1(C)C(CNC2CC(c3ccccc3)C2)C1(C)C. The van der Waals surface area contributed by atoms with E-state index in [1.54, 1.807) is 0 Å². The first-order valence-electron chi connectivity index (χ1n) is 7.71. The Morgan fingerprint density at radius 2 is 1.58 bits per heavy atom. The van der Waals surface area contributed by atoms with Gasteiger partial charge in [-0.05, 0) is 47.6 Å². The molecule has 1 N–H and O–H groups in total. The highest BCUT2D eigenvalue weighted by molar-refractivity contribution is 5.23. The fraction of sp³-hybridized carbons (Fsp3) is 0.667. The highest BCUT2D eigenvalue weighted by Crippen LogP contribution is 2.68. The van der Waals surface area contributed by atoms with Gasteiger partial charge in [-0.25, -0.2) is 0 Å². The van der Waals surface area contributed by atoms with E-state index in [4.69, 9.17) is 0 Å². The fourth-order valence-corrected chi connectivity index (χ4v) is 3.91. The van der Waals surface area contributed by atoms with Crippen LogP contribution in [0.5, 0.6) is 0 Å². The molecule has 0 unspecified atom stereocenters. The normalized spacial score (nSPS) is 31.8. The Morgan fingerprint density at radius 3 is 2.11 bits per heavy atom. The van der Waals surface area contributed by atoms with E-state index in [0.29, 0.717) is 10.8 Å². The average molecular weight is 257 g/mol. The first kappa shape index (κ1) is 13.2. The molecule has 1 heteroatoms. The summed E-state index contributed by atoms with van der Waals surface area (Å²) >= 11 is 0. The van der Waals surface area contributed by atoms with Crippen molar-refractivity contribution in [1.29, 1.82) is 0 Å². The van der Waals surface area contributed by atoms with Crippen molar-refractivity contribution in [3.8, 4) is 0 Å². The molecule has 0 amide bonds. The molecule has 0 atom stereocenters. The van der Waals surface area contributed by atoms with Crippen LogP contribution in [0.15, 0.2) is 30.3 Å². The van der Waals surface area contributed by atoms with Crippen LogP contribution < -0.4 is 5.32 Å². The maximum atomic E-state index is 3.79. The summed E-state index contributed by atoms with van der Waals surface area (Å²) in [6.07, 6.45) is 2.63. The Kier molecular flexibility index (Phi) is 3.01. The smallest absolute Gasteiger partial charge is 0.00788 e. The first-order valence-corrected chi connectivity index (χ1v) is 7.71. The van der Waals surface area contributed by atoms with E-state index in [1.807, 2.05) is 0 Å². The van der Waals surface area contributed by atoms with Crippen LogP contribution in [0.25, 0.3) is 0 Å². The average Bonchev–Trinajstić information content (AvgIpc) is 2.70. The number of nitrogens with one attached hydrogen (secondary N) is 1. The van der Waals surface area contributed by atoms with E-state index in [0.717, 1.165) is 17.9 Å². The van der Waals surface area contributed by atoms with Gasteiger partial charge in [0.2, 0.25) is 0 Å². The zero-order valence-corrected chi connectivity index (χ0v) is 12.7. The maximum absolute atomic E-state index is 3.79. The summed E-state index contributed by atoms with van der Waals surface area (Å²) in [5.74, 6) is 1.63. The minimum absolute atomic E-state index is 0.516. The van der Waals surface area contributed by atoms with Crippen LogP contribution in [0, 0.1) is 16.7 Å². The van der Waals surface area contributed by atoms with Crippen molar-refractivity contribution in [1.82, 2.24) is 5.32 Å². The van der Waals surface area contributed by atoms with Crippen LogP contribution in [-0.4, -0.2) is 12.6 Å². The molecule has 0 aromatic heterocycles. The molecule has 2 fully saturated rings. The Labute approximate surface area is 117 Å². The number of hydrogen-bond donors (Lipinski definition) is 1. The van der Waals surface area contributed by atoms with Crippen LogP contribution in [0.2, 0.25) is 0 Å². The van der Waals surface area contributed by atoms with E-state index < -0.39 is 0 Å². The molecule has 0 heterocycles. The third-order valence-electron chi connectivity index (χ3n) is 6.34. The second-order valence-corrected chi connectivity index (χ2v) is 7.68. The summed E-state index contributed by atoms with van der Waals surface area (Å²) in [5.41, 5.74) is 2.55. The van der Waals surface area contributed by atoms with Gasteiger partial charge in [-0.15, -0.1) is 0 Å². The predicted molar refractivity (Wildman–Crippen MR) is 81.3 cm³/mol. The van der Waals surface area contributed by atoms with Gasteiger partial charge >= 0.3 is 0 Å². The Hall–Kier alpha value is -0.820. The summed E-state index contributed by atoms with van der Waals surface area (Å²) in [7, 11) is 0. The van der Waals surface area contributed by atoms with Gasteiger partial charge in [0, 0.05) is 6.04 Å². The Morgan fingerprint density at radius 1 is 1.00 bits per heavy atom. The van der Waals surface area contributed by atoms with Crippen LogP contribution in [-0.2, 0) is 0 Å². The van der Waals surface area contributed by atoms with E-state index in [9.17, 15) is 0 Å². The van der Waals surface area contributed by atoms with Crippen molar-refractivity contribution in [2.24, 2.45) is 16.7 Å². The van der Waals surface area contributed by atoms with Crippen molar-refractivity contribution in [3.05, 3.63) is 35.9 Å². The quantitative estimate of drug-likeness (QED) is 0.852. The molecule has 1 nitrogen and oxygen atoms in total. The summed E-state index contributed by atoms with van der Waals surface area (Å²) in [6.45, 7) is 10.8. The van der Waals surface area contributed by atoms with Gasteiger partial charge in [-0.2, -0.15) is 0 Å². The van der Waals surface area contributed by atoms with Crippen LogP contribution in [0.4, 0.5) is 0 Å². The lowest BCUT2D eigenvalue weighted by Crippen LogP contribution is -2.41. The molecule has 2 aliphatic rings. The molecule has 2 aliphatic carbocycles. The minimum atomic E-state index is 0.516. The molecular formula is C18H27N. The van der Waals surface area contributed by atoms with Gasteiger partial charge in [0.05, 0.1) is 0 Å². The van der Waals surface area contributed by atoms with Crippen molar-refractivity contribution < 1.29 is 0 Å². The molecule has 2 saturated carbocycles. The van der Waals surface area contributed by atoms with Crippen LogP contribution in [0.3, 0.4) is 0 Å². The van der Waals surface area contributed by atoms with Crippen LogP contribution >= 0.6 is 0 Å². The molecule has 1 aromatic carbocycles. The topological polar surface area (TPSA) is 12.0 Å².